The molecule has 2 aliphatic rings. The van der Waals surface area contributed by atoms with E-state index in [9.17, 15) is 4.79 Å². The lowest BCUT2D eigenvalue weighted by Gasteiger charge is -2.38. The number of hydrogen-bond donors (Lipinski definition) is 1. The van der Waals surface area contributed by atoms with E-state index in [0.29, 0.717) is 18.0 Å². The zero-order valence-corrected chi connectivity index (χ0v) is 8.20. The van der Waals surface area contributed by atoms with Gasteiger partial charge < -0.3 is 10.6 Å². The Balaban J connectivity index is 2.08. The van der Waals surface area contributed by atoms with Crippen molar-refractivity contribution in [1.29, 1.82) is 0 Å². The average Bonchev–Trinajstić information content (AvgIpc) is 2.37. The smallest absolute Gasteiger partial charge is 0.219 e. The summed E-state index contributed by atoms with van der Waals surface area (Å²) in [6.07, 6.45) is 4.65. The van der Waals surface area contributed by atoms with Crippen molar-refractivity contribution in [2.75, 3.05) is 6.54 Å². The quantitative estimate of drug-likeness (QED) is 0.650. The number of hydrogen-bond acceptors (Lipinski definition) is 2. The maximum atomic E-state index is 11.3. The Hall–Kier alpha value is -0.570. The topological polar surface area (TPSA) is 46.3 Å². The minimum absolute atomic E-state index is 0.253. The van der Waals surface area contributed by atoms with Crippen LogP contribution < -0.4 is 5.73 Å². The lowest BCUT2D eigenvalue weighted by Crippen LogP contribution is -2.46. The Labute approximate surface area is 79.3 Å². The molecule has 2 N–H and O–H groups in total. The highest BCUT2D eigenvalue weighted by atomic mass is 16.2. The van der Waals surface area contributed by atoms with E-state index in [1.807, 2.05) is 0 Å². The predicted molar refractivity (Wildman–Crippen MR) is 51.1 cm³/mol. The third kappa shape index (κ3) is 1.46. The summed E-state index contributed by atoms with van der Waals surface area (Å²) in [5, 5.41) is 0. The molecule has 0 aromatic carbocycles. The van der Waals surface area contributed by atoms with Crippen LogP contribution in [0.3, 0.4) is 0 Å². The van der Waals surface area contributed by atoms with Gasteiger partial charge in [0, 0.05) is 19.0 Å². The first-order valence-corrected chi connectivity index (χ1v) is 5.21. The van der Waals surface area contributed by atoms with E-state index in [2.05, 4.69) is 4.90 Å². The fraction of sp³-hybridized carbons (Fsp3) is 0.900. The summed E-state index contributed by atoms with van der Waals surface area (Å²) in [6.45, 7) is 2.48. The fourth-order valence-corrected chi connectivity index (χ4v) is 3.00. The predicted octanol–water partition coefficient (Wildman–Crippen LogP) is 0.735. The standard InChI is InChI=1S/C10H18N2O/c1-7(13)12-9-2-3-10(12)5-8(4-9)6-11/h8-10H,2-6,11H2,1H3. The van der Waals surface area contributed by atoms with Crippen molar-refractivity contribution in [2.24, 2.45) is 11.7 Å². The van der Waals surface area contributed by atoms with E-state index in [1.54, 1.807) is 6.92 Å². The third-order valence-corrected chi connectivity index (χ3v) is 3.53. The summed E-state index contributed by atoms with van der Waals surface area (Å²) >= 11 is 0. The van der Waals surface area contributed by atoms with Crippen LogP contribution in [0.4, 0.5) is 0 Å². The molecule has 2 rings (SSSR count). The molecule has 2 unspecified atom stereocenters. The highest BCUT2D eigenvalue weighted by molar-refractivity contribution is 5.74. The van der Waals surface area contributed by atoms with E-state index >= 15 is 0 Å². The summed E-state index contributed by atoms with van der Waals surface area (Å²) in [7, 11) is 0. The van der Waals surface area contributed by atoms with Crippen molar-refractivity contribution in [1.82, 2.24) is 4.90 Å². The van der Waals surface area contributed by atoms with Gasteiger partial charge in [-0.2, -0.15) is 0 Å². The number of rotatable bonds is 1. The van der Waals surface area contributed by atoms with Gasteiger partial charge in [-0.05, 0) is 38.1 Å². The molecule has 0 aliphatic carbocycles. The van der Waals surface area contributed by atoms with E-state index in [0.717, 1.165) is 19.4 Å². The molecule has 0 radical (unpaired) electrons. The Morgan fingerprint density at radius 3 is 2.31 bits per heavy atom. The number of piperidine rings is 1. The van der Waals surface area contributed by atoms with Crippen molar-refractivity contribution >= 4 is 5.91 Å². The van der Waals surface area contributed by atoms with Gasteiger partial charge >= 0.3 is 0 Å². The molecule has 2 atom stereocenters. The number of nitrogens with two attached hydrogens (primary N) is 1. The fourth-order valence-electron chi connectivity index (χ4n) is 3.00. The first-order valence-electron chi connectivity index (χ1n) is 5.21. The van der Waals surface area contributed by atoms with Crippen molar-refractivity contribution in [3.63, 3.8) is 0 Å². The Bertz CT molecular complexity index is 203. The first kappa shape index (κ1) is 9.00. The molecule has 3 nitrogen and oxygen atoms in total. The molecule has 2 bridgehead atoms. The van der Waals surface area contributed by atoms with Gasteiger partial charge in [0.25, 0.3) is 0 Å². The number of carbonyl (C=O) groups excluding carboxylic acids is 1. The first-order chi connectivity index (χ1) is 6.22. The van der Waals surface area contributed by atoms with Gasteiger partial charge in [0.15, 0.2) is 0 Å². The highest BCUT2D eigenvalue weighted by Gasteiger charge is 2.41. The summed E-state index contributed by atoms with van der Waals surface area (Å²) in [5.41, 5.74) is 5.67. The van der Waals surface area contributed by atoms with Crippen molar-refractivity contribution in [3.8, 4) is 0 Å². The monoisotopic (exact) mass is 182 g/mol. The minimum atomic E-state index is 0.253. The molecule has 2 heterocycles. The van der Waals surface area contributed by atoms with Crippen LogP contribution >= 0.6 is 0 Å². The second-order valence-corrected chi connectivity index (χ2v) is 4.38. The molecular formula is C10H18N2O. The number of fused-ring (bicyclic) bond motifs is 2. The van der Waals surface area contributed by atoms with E-state index in [4.69, 9.17) is 5.73 Å². The molecule has 2 fully saturated rings. The summed E-state index contributed by atoms with van der Waals surface area (Å²) in [4.78, 5) is 13.4. The molecule has 0 aromatic heterocycles. The SMILES string of the molecule is CC(=O)N1C2CCC1CC(CN)C2. The van der Waals surface area contributed by atoms with Gasteiger partial charge in [-0.3, -0.25) is 4.79 Å². The Kier molecular flexibility index (Phi) is 2.28. The number of amides is 1. The van der Waals surface area contributed by atoms with Crippen molar-refractivity contribution in [3.05, 3.63) is 0 Å². The van der Waals surface area contributed by atoms with Gasteiger partial charge in [0.2, 0.25) is 5.91 Å². The molecule has 0 spiro atoms. The average molecular weight is 182 g/mol. The summed E-state index contributed by atoms with van der Waals surface area (Å²) in [6, 6.07) is 1.01. The zero-order chi connectivity index (χ0) is 9.42. The molecule has 2 saturated heterocycles. The Morgan fingerprint density at radius 2 is 1.92 bits per heavy atom. The normalized spacial score (nSPS) is 38.0. The summed E-state index contributed by atoms with van der Waals surface area (Å²) < 4.78 is 0. The van der Waals surface area contributed by atoms with Gasteiger partial charge in [-0.25, -0.2) is 0 Å². The van der Waals surface area contributed by atoms with E-state index < -0.39 is 0 Å². The van der Waals surface area contributed by atoms with Gasteiger partial charge in [-0.15, -0.1) is 0 Å². The molecule has 0 aromatic rings. The highest BCUT2D eigenvalue weighted by Crippen LogP contribution is 2.38. The van der Waals surface area contributed by atoms with Crippen molar-refractivity contribution in [2.45, 2.75) is 44.7 Å². The second-order valence-electron chi connectivity index (χ2n) is 4.38. The van der Waals surface area contributed by atoms with E-state index in [1.165, 1.54) is 12.8 Å². The molecule has 3 heteroatoms. The largest absolute Gasteiger partial charge is 0.337 e. The van der Waals surface area contributed by atoms with Crippen molar-refractivity contribution < 1.29 is 4.79 Å². The lowest BCUT2D eigenvalue weighted by atomic mass is 9.91. The molecule has 0 saturated carbocycles. The molecule has 13 heavy (non-hydrogen) atoms. The van der Waals surface area contributed by atoms with Crippen LogP contribution in [0.25, 0.3) is 0 Å². The van der Waals surface area contributed by atoms with Crippen LogP contribution in [0.1, 0.15) is 32.6 Å². The van der Waals surface area contributed by atoms with Crippen LogP contribution in [0.2, 0.25) is 0 Å². The van der Waals surface area contributed by atoms with E-state index in [-0.39, 0.29) is 5.91 Å². The molecule has 74 valence electrons. The van der Waals surface area contributed by atoms with Crippen LogP contribution in [0.5, 0.6) is 0 Å². The molecular weight excluding hydrogens is 164 g/mol. The maximum absolute atomic E-state index is 11.3. The van der Waals surface area contributed by atoms with Crippen LogP contribution in [-0.2, 0) is 4.79 Å². The third-order valence-electron chi connectivity index (χ3n) is 3.53. The van der Waals surface area contributed by atoms with Gasteiger partial charge in [0.05, 0.1) is 0 Å². The Morgan fingerprint density at radius 1 is 1.38 bits per heavy atom. The number of nitrogens with zero attached hydrogens (tertiary/aromatic N) is 1. The number of carbonyl (C=O) groups is 1. The van der Waals surface area contributed by atoms with Crippen LogP contribution in [-0.4, -0.2) is 29.4 Å². The second kappa shape index (κ2) is 3.29. The zero-order valence-electron chi connectivity index (χ0n) is 8.20. The van der Waals surface area contributed by atoms with Gasteiger partial charge in [-0.1, -0.05) is 0 Å². The molecule has 1 amide bonds. The minimum Gasteiger partial charge on any atom is -0.337 e. The summed E-state index contributed by atoms with van der Waals surface area (Å²) in [5.74, 6) is 0.913. The van der Waals surface area contributed by atoms with Crippen LogP contribution in [0.15, 0.2) is 0 Å². The maximum Gasteiger partial charge on any atom is 0.219 e. The molecule has 2 aliphatic heterocycles. The lowest BCUT2D eigenvalue weighted by molar-refractivity contribution is -0.133. The van der Waals surface area contributed by atoms with Crippen LogP contribution in [0, 0.1) is 5.92 Å². The van der Waals surface area contributed by atoms with Gasteiger partial charge in [0.1, 0.15) is 0 Å².